The zero-order chi connectivity index (χ0) is 10.9. The van der Waals surface area contributed by atoms with Crippen molar-refractivity contribution in [3.63, 3.8) is 0 Å². The Balaban J connectivity index is 2.12. The Labute approximate surface area is 96.5 Å². The molecule has 0 aromatic heterocycles. The molecule has 0 aliphatic carbocycles. The highest BCUT2D eigenvalue weighted by atomic mass is 32.1. The Kier molecular flexibility index (Phi) is 2.98. The molecule has 2 aliphatic heterocycles. The fourth-order valence-electron chi connectivity index (χ4n) is 2.13. The van der Waals surface area contributed by atoms with E-state index in [2.05, 4.69) is 30.1 Å². The molecule has 0 radical (unpaired) electrons. The smallest absolute Gasteiger partial charge is 0.0819 e. The molecule has 2 rings (SSSR count). The number of nitrogens with one attached hydrogen (secondary N) is 1. The quantitative estimate of drug-likeness (QED) is 0.681. The molecule has 0 spiro atoms. The molecule has 1 N–H and O–H groups in total. The second-order valence-electron chi connectivity index (χ2n) is 4.68. The number of rotatable bonds is 1. The molecule has 0 amide bonds. The molecule has 3 nitrogen and oxygen atoms in total. The van der Waals surface area contributed by atoms with Gasteiger partial charge in [-0.2, -0.15) is 0 Å². The Morgan fingerprint density at radius 2 is 2.07 bits per heavy atom. The summed E-state index contributed by atoms with van der Waals surface area (Å²) < 4.78 is 5.35. The van der Waals surface area contributed by atoms with Crippen LogP contribution in [0.2, 0.25) is 0 Å². The van der Waals surface area contributed by atoms with Crippen molar-refractivity contribution < 1.29 is 4.74 Å². The fraction of sp³-hybridized carbons (Fsp3) is 0.727. The highest BCUT2D eigenvalue weighted by Gasteiger charge is 2.25. The first-order valence-electron chi connectivity index (χ1n) is 5.42. The van der Waals surface area contributed by atoms with Crippen molar-refractivity contribution in [1.82, 2.24) is 10.2 Å². The van der Waals surface area contributed by atoms with Crippen molar-refractivity contribution >= 4 is 17.2 Å². The van der Waals surface area contributed by atoms with Crippen LogP contribution in [0.1, 0.15) is 20.3 Å². The molecule has 1 fully saturated rings. The van der Waals surface area contributed by atoms with Crippen molar-refractivity contribution in [2.24, 2.45) is 0 Å². The van der Waals surface area contributed by atoms with Crippen LogP contribution in [0.5, 0.6) is 0 Å². The lowest BCUT2D eigenvalue weighted by atomic mass is 9.98. The summed E-state index contributed by atoms with van der Waals surface area (Å²) in [6.45, 7) is 7.95. The van der Waals surface area contributed by atoms with Crippen LogP contribution in [-0.4, -0.2) is 41.7 Å². The van der Waals surface area contributed by atoms with E-state index in [0.717, 1.165) is 37.7 Å². The molecule has 4 heteroatoms. The normalized spacial score (nSPS) is 25.9. The summed E-state index contributed by atoms with van der Waals surface area (Å²) in [6, 6.07) is 0. The van der Waals surface area contributed by atoms with E-state index in [1.165, 1.54) is 5.70 Å². The maximum absolute atomic E-state index is 5.35. The van der Waals surface area contributed by atoms with Crippen LogP contribution in [0.15, 0.2) is 11.8 Å². The lowest BCUT2D eigenvalue weighted by molar-refractivity contribution is 0.0522. The van der Waals surface area contributed by atoms with Crippen LogP contribution in [0, 0.1) is 0 Å². The molecule has 0 atom stereocenters. The Bertz CT molecular complexity index is 293. The van der Waals surface area contributed by atoms with Gasteiger partial charge < -0.3 is 15.0 Å². The van der Waals surface area contributed by atoms with Crippen LogP contribution >= 0.6 is 12.2 Å². The lowest BCUT2D eigenvalue weighted by Gasteiger charge is -2.38. The number of nitrogens with zero attached hydrogens (tertiary/aromatic N) is 1. The molecule has 15 heavy (non-hydrogen) atoms. The summed E-state index contributed by atoms with van der Waals surface area (Å²) in [5, 5.41) is 3.32. The highest BCUT2D eigenvalue weighted by Crippen LogP contribution is 2.21. The predicted octanol–water partition coefficient (Wildman–Crippen LogP) is 1.30. The average molecular weight is 226 g/mol. The molecule has 0 unspecified atom stereocenters. The zero-order valence-corrected chi connectivity index (χ0v) is 10.2. The number of thiocarbonyl (C=S) groups is 1. The maximum atomic E-state index is 5.35. The number of morpholine rings is 1. The monoisotopic (exact) mass is 226 g/mol. The Morgan fingerprint density at radius 1 is 1.40 bits per heavy atom. The van der Waals surface area contributed by atoms with Crippen LogP contribution < -0.4 is 5.32 Å². The van der Waals surface area contributed by atoms with Gasteiger partial charge in [0.15, 0.2) is 0 Å². The fourth-order valence-corrected chi connectivity index (χ4v) is 2.54. The topological polar surface area (TPSA) is 24.5 Å². The van der Waals surface area contributed by atoms with Gasteiger partial charge in [0.2, 0.25) is 0 Å². The molecule has 2 aliphatic rings. The molecular formula is C11H18N2OS. The van der Waals surface area contributed by atoms with Crippen molar-refractivity contribution in [1.29, 1.82) is 0 Å². The third kappa shape index (κ3) is 2.69. The van der Waals surface area contributed by atoms with E-state index in [4.69, 9.17) is 17.0 Å². The van der Waals surface area contributed by atoms with Crippen LogP contribution in [0.25, 0.3) is 0 Å². The van der Waals surface area contributed by atoms with E-state index in [9.17, 15) is 0 Å². The van der Waals surface area contributed by atoms with Gasteiger partial charge in [-0.1, -0.05) is 12.2 Å². The lowest BCUT2D eigenvalue weighted by Crippen LogP contribution is -2.48. The number of hydrogen-bond donors (Lipinski definition) is 1. The van der Waals surface area contributed by atoms with E-state index in [-0.39, 0.29) is 5.54 Å². The minimum atomic E-state index is -0.0109. The summed E-state index contributed by atoms with van der Waals surface area (Å²) in [6.07, 6.45) is 3.16. The minimum absolute atomic E-state index is 0.0109. The first-order valence-corrected chi connectivity index (χ1v) is 5.83. The first-order chi connectivity index (χ1) is 7.07. The summed E-state index contributed by atoms with van der Waals surface area (Å²) >= 11 is 5.29. The van der Waals surface area contributed by atoms with Gasteiger partial charge in [-0.25, -0.2) is 0 Å². The number of hydrogen-bond acceptors (Lipinski definition) is 3. The van der Waals surface area contributed by atoms with Gasteiger partial charge in [0.05, 0.1) is 23.7 Å². The molecule has 0 aromatic rings. The standard InChI is InChI=1S/C11H18N2OS/c1-11(2)8-9(7-10(15)12-11)13-3-5-14-6-4-13/h8H,3-7H2,1-2H3,(H,12,15). The van der Waals surface area contributed by atoms with E-state index in [1.807, 2.05) is 0 Å². The van der Waals surface area contributed by atoms with Gasteiger partial charge in [-0.05, 0) is 19.9 Å². The molecule has 0 saturated carbocycles. The zero-order valence-electron chi connectivity index (χ0n) is 9.38. The second-order valence-corrected chi connectivity index (χ2v) is 5.17. The van der Waals surface area contributed by atoms with Crippen molar-refractivity contribution in [2.75, 3.05) is 26.3 Å². The predicted molar refractivity (Wildman–Crippen MR) is 64.9 cm³/mol. The van der Waals surface area contributed by atoms with E-state index >= 15 is 0 Å². The maximum Gasteiger partial charge on any atom is 0.0819 e. The van der Waals surface area contributed by atoms with Gasteiger partial charge >= 0.3 is 0 Å². The van der Waals surface area contributed by atoms with E-state index < -0.39 is 0 Å². The van der Waals surface area contributed by atoms with Gasteiger partial charge in [0.1, 0.15) is 0 Å². The second kappa shape index (κ2) is 4.10. The largest absolute Gasteiger partial charge is 0.378 e. The Morgan fingerprint density at radius 3 is 2.67 bits per heavy atom. The first kappa shape index (κ1) is 10.9. The summed E-state index contributed by atoms with van der Waals surface area (Å²) in [4.78, 5) is 3.34. The molecule has 2 heterocycles. The minimum Gasteiger partial charge on any atom is -0.378 e. The third-order valence-electron chi connectivity index (χ3n) is 2.75. The van der Waals surface area contributed by atoms with Gasteiger partial charge in [-0.3, -0.25) is 0 Å². The average Bonchev–Trinajstić information content (AvgIpc) is 2.16. The third-order valence-corrected chi connectivity index (χ3v) is 2.99. The van der Waals surface area contributed by atoms with E-state index in [1.54, 1.807) is 0 Å². The van der Waals surface area contributed by atoms with Crippen molar-refractivity contribution in [3.05, 3.63) is 11.8 Å². The molecule has 1 saturated heterocycles. The molecule has 84 valence electrons. The van der Waals surface area contributed by atoms with Crippen molar-refractivity contribution in [2.45, 2.75) is 25.8 Å². The number of ether oxygens (including phenoxy) is 1. The Hall–Kier alpha value is -0.610. The molecule has 0 bridgehead atoms. The van der Waals surface area contributed by atoms with Crippen LogP contribution in [0.4, 0.5) is 0 Å². The van der Waals surface area contributed by atoms with Gasteiger partial charge in [-0.15, -0.1) is 0 Å². The van der Waals surface area contributed by atoms with Crippen molar-refractivity contribution in [3.8, 4) is 0 Å². The van der Waals surface area contributed by atoms with Gasteiger partial charge in [0, 0.05) is 25.2 Å². The highest BCUT2D eigenvalue weighted by molar-refractivity contribution is 7.80. The summed E-state index contributed by atoms with van der Waals surface area (Å²) in [5.41, 5.74) is 1.34. The van der Waals surface area contributed by atoms with Crippen LogP contribution in [0.3, 0.4) is 0 Å². The molecular weight excluding hydrogens is 208 g/mol. The van der Waals surface area contributed by atoms with Gasteiger partial charge in [0.25, 0.3) is 0 Å². The summed E-state index contributed by atoms with van der Waals surface area (Å²) in [5.74, 6) is 0. The van der Waals surface area contributed by atoms with E-state index in [0.29, 0.717) is 0 Å². The van der Waals surface area contributed by atoms with Crippen LogP contribution in [-0.2, 0) is 4.74 Å². The SMILES string of the molecule is CC1(C)C=C(N2CCOCC2)CC(=S)N1. The summed E-state index contributed by atoms with van der Waals surface area (Å²) in [7, 11) is 0. The molecule has 0 aromatic carbocycles.